The number of nitrogens with zero attached hydrogens (tertiary/aromatic N) is 3. The van der Waals surface area contributed by atoms with E-state index in [1.807, 2.05) is 7.05 Å². The molecule has 1 fully saturated rings. The predicted molar refractivity (Wildman–Crippen MR) is 70.9 cm³/mol. The maximum Gasteiger partial charge on any atom is 0.256 e. The largest absolute Gasteiger partial charge is 0.482 e. The Kier molecular flexibility index (Phi) is 3.61. The molecule has 8 nitrogen and oxygen atoms in total. The lowest BCUT2D eigenvalue weighted by Crippen LogP contribution is -2.45. The van der Waals surface area contributed by atoms with Crippen molar-refractivity contribution in [2.45, 2.75) is 19.1 Å². The van der Waals surface area contributed by atoms with Crippen molar-refractivity contribution in [3.8, 4) is 5.75 Å². The third-order valence-electron chi connectivity index (χ3n) is 3.31. The van der Waals surface area contributed by atoms with Crippen LogP contribution in [0.2, 0.25) is 0 Å². The highest BCUT2D eigenvalue weighted by molar-refractivity contribution is 5.95. The van der Waals surface area contributed by atoms with E-state index in [4.69, 9.17) is 14.0 Å². The number of carbonyl (C=O) groups excluding carboxylic acids is 1. The van der Waals surface area contributed by atoms with E-state index in [0.717, 1.165) is 0 Å². The number of aryl methyl sites for hydroxylation is 2. The molecule has 1 aliphatic rings. The van der Waals surface area contributed by atoms with Gasteiger partial charge in [0.15, 0.2) is 5.75 Å². The van der Waals surface area contributed by atoms with Crippen LogP contribution in [0.3, 0.4) is 0 Å². The van der Waals surface area contributed by atoms with Crippen molar-refractivity contribution in [3.63, 3.8) is 0 Å². The van der Waals surface area contributed by atoms with E-state index in [1.165, 1.54) is 6.26 Å². The number of hydrogen-bond acceptors (Lipinski definition) is 6. The third-order valence-corrected chi connectivity index (χ3v) is 3.31. The zero-order valence-electron chi connectivity index (χ0n) is 11.8. The van der Waals surface area contributed by atoms with E-state index in [2.05, 4.69) is 15.6 Å². The molecule has 3 heterocycles. The third kappa shape index (κ3) is 2.89. The fourth-order valence-electron chi connectivity index (χ4n) is 2.18. The quantitative estimate of drug-likeness (QED) is 0.871. The summed E-state index contributed by atoms with van der Waals surface area (Å²) in [7, 11) is 1.81. The normalized spacial score (nSPS) is 21.4. The van der Waals surface area contributed by atoms with Crippen molar-refractivity contribution in [2.75, 3.05) is 13.2 Å². The smallest absolute Gasteiger partial charge is 0.256 e. The van der Waals surface area contributed by atoms with Crippen LogP contribution in [0.15, 0.2) is 23.2 Å². The van der Waals surface area contributed by atoms with Gasteiger partial charge < -0.3 is 19.3 Å². The molecule has 112 valence electrons. The molecular weight excluding hydrogens is 276 g/mol. The molecular formula is C13H16N4O4. The van der Waals surface area contributed by atoms with Crippen LogP contribution in [-0.2, 0) is 11.8 Å². The average Bonchev–Trinajstić information content (AvgIpc) is 3.14. The summed E-state index contributed by atoms with van der Waals surface area (Å²) in [5, 5.41) is 10.6. The molecule has 0 radical (unpaired) electrons. The second-order valence-electron chi connectivity index (χ2n) is 4.94. The van der Waals surface area contributed by atoms with Crippen LogP contribution >= 0.6 is 0 Å². The Morgan fingerprint density at radius 3 is 3.05 bits per heavy atom. The number of amides is 1. The maximum absolute atomic E-state index is 12.1. The van der Waals surface area contributed by atoms with Gasteiger partial charge in [-0.3, -0.25) is 9.48 Å². The number of hydrogen-bond donors (Lipinski definition) is 1. The molecule has 0 spiro atoms. The molecule has 2 aromatic rings. The molecule has 3 rings (SSSR count). The Morgan fingerprint density at radius 1 is 1.52 bits per heavy atom. The van der Waals surface area contributed by atoms with Gasteiger partial charge in [0, 0.05) is 7.05 Å². The van der Waals surface area contributed by atoms with Crippen molar-refractivity contribution in [1.82, 2.24) is 20.3 Å². The van der Waals surface area contributed by atoms with Gasteiger partial charge in [0.05, 0.1) is 37.3 Å². The molecule has 0 bridgehead atoms. The number of aromatic nitrogens is 3. The van der Waals surface area contributed by atoms with Crippen molar-refractivity contribution in [2.24, 2.45) is 7.05 Å². The summed E-state index contributed by atoms with van der Waals surface area (Å²) in [6.45, 7) is 2.54. The summed E-state index contributed by atoms with van der Waals surface area (Å²) in [4.78, 5) is 12.1. The van der Waals surface area contributed by atoms with Gasteiger partial charge in [-0.1, -0.05) is 5.16 Å². The van der Waals surface area contributed by atoms with E-state index >= 15 is 0 Å². The summed E-state index contributed by atoms with van der Waals surface area (Å²) >= 11 is 0. The topological polar surface area (TPSA) is 91.4 Å². The van der Waals surface area contributed by atoms with E-state index in [-0.39, 0.29) is 18.1 Å². The Morgan fingerprint density at radius 2 is 2.38 bits per heavy atom. The minimum atomic E-state index is -0.252. The summed E-state index contributed by atoms with van der Waals surface area (Å²) in [6, 6.07) is -0.230. The van der Waals surface area contributed by atoms with E-state index in [0.29, 0.717) is 30.2 Å². The molecule has 21 heavy (non-hydrogen) atoms. The van der Waals surface area contributed by atoms with Crippen LogP contribution in [-0.4, -0.2) is 46.2 Å². The predicted octanol–water partition coefficient (Wildman–Crippen LogP) is 0.293. The van der Waals surface area contributed by atoms with Crippen molar-refractivity contribution < 1.29 is 18.8 Å². The fourth-order valence-corrected chi connectivity index (χ4v) is 2.18. The Labute approximate surface area is 121 Å². The van der Waals surface area contributed by atoms with Crippen LogP contribution in [0.4, 0.5) is 0 Å². The first-order valence-electron chi connectivity index (χ1n) is 6.58. The first kappa shape index (κ1) is 13.6. The Hall–Kier alpha value is -2.35. The highest BCUT2D eigenvalue weighted by atomic mass is 16.5. The molecule has 0 aliphatic carbocycles. The van der Waals surface area contributed by atoms with Gasteiger partial charge in [-0.2, -0.15) is 5.10 Å². The second kappa shape index (κ2) is 5.57. The first-order chi connectivity index (χ1) is 10.1. The van der Waals surface area contributed by atoms with Crippen molar-refractivity contribution in [1.29, 1.82) is 0 Å². The fraction of sp³-hybridized carbons (Fsp3) is 0.462. The number of carbonyl (C=O) groups is 1. The van der Waals surface area contributed by atoms with Crippen LogP contribution in [0, 0.1) is 6.92 Å². The average molecular weight is 292 g/mol. The number of rotatable bonds is 4. The number of nitrogens with one attached hydrogen (secondary N) is 1. The lowest BCUT2D eigenvalue weighted by atomic mass is 10.2. The summed E-state index contributed by atoms with van der Waals surface area (Å²) in [5.41, 5.74) is 0.971. The van der Waals surface area contributed by atoms with E-state index in [1.54, 1.807) is 24.0 Å². The molecule has 0 saturated carbocycles. The van der Waals surface area contributed by atoms with Gasteiger partial charge in [0.1, 0.15) is 17.9 Å². The second-order valence-corrected chi connectivity index (χ2v) is 4.94. The summed E-state index contributed by atoms with van der Waals surface area (Å²) in [6.07, 6.45) is 4.47. The minimum Gasteiger partial charge on any atom is -0.482 e. The molecule has 2 atom stereocenters. The molecule has 1 amide bonds. The SMILES string of the molecule is Cc1nocc1C(=O)N[C@H]1COC[C@H]1Oc1cnn(C)c1. The maximum atomic E-state index is 12.1. The van der Waals surface area contributed by atoms with Gasteiger partial charge in [-0.15, -0.1) is 0 Å². The van der Waals surface area contributed by atoms with Gasteiger partial charge in [0.2, 0.25) is 0 Å². The van der Waals surface area contributed by atoms with Crippen LogP contribution < -0.4 is 10.1 Å². The van der Waals surface area contributed by atoms with Gasteiger partial charge in [0.25, 0.3) is 5.91 Å². The molecule has 8 heteroatoms. The minimum absolute atomic E-state index is 0.230. The highest BCUT2D eigenvalue weighted by Crippen LogP contribution is 2.17. The first-order valence-corrected chi connectivity index (χ1v) is 6.58. The standard InChI is InChI=1S/C13H16N4O4/c1-8-10(5-20-16-8)13(18)15-11-6-19-7-12(11)21-9-3-14-17(2)4-9/h3-5,11-12H,6-7H2,1-2H3,(H,15,18)/t11-,12+/m0/s1. The monoisotopic (exact) mass is 292 g/mol. The molecule has 0 unspecified atom stereocenters. The van der Waals surface area contributed by atoms with Crippen molar-refractivity contribution in [3.05, 3.63) is 29.9 Å². The Bertz CT molecular complexity index is 636. The van der Waals surface area contributed by atoms with Crippen molar-refractivity contribution >= 4 is 5.91 Å². The lowest BCUT2D eigenvalue weighted by Gasteiger charge is -2.19. The van der Waals surface area contributed by atoms with E-state index < -0.39 is 0 Å². The van der Waals surface area contributed by atoms with Crippen LogP contribution in [0.1, 0.15) is 16.1 Å². The Balaban J connectivity index is 1.64. The lowest BCUT2D eigenvalue weighted by molar-refractivity contribution is 0.0903. The zero-order chi connectivity index (χ0) is 14.8. The molecule has 1 N–H and O–H groups in total. The van der Waals surface area contributed by atoms with E-state index in [9.17, 15) is 4.79 Å². The van der Waals surface area contributed by atoms with Gasteiger partial charge in [-0.05, 0) is 6.92 Å². The number of ether oxygens (including phenoxy) is 2. The zero-order valence-corrected chi connectivity index (χ0v) is 11.8. The molecule has 1 saturated heterocycles. The molecule has 1 aliphatic heterocycles. The van der Waals surface area contributed by atoms with Gasteiger partial charge in [-0.25, -0.2) is 0 Å². The summed E-state index contributed by atoms with van der Waals surface area (Å²) < 4.78 is 17.6. The van der Waals surface area contributed by atoms with Crippen LogP contribution in [0.5, 0.6) is 5.75 Å². The van der Waals surface area contributed by atoms with Gasteiger partial charge >= 0.3 is 0 Å². The molecule has 2 aromatic heterocycles. The van der Waals surface area contributed by atoms with Crippen LogP contribution in [0.25, 0.3) is 0 Å². The molecule has 0 aromatic carbocycles. The highest BCUT2D eigenvalue weighted by Gasteiger charge is 2.32. The summed E-state index contributed by atoms with van der Waals surface area (Å²) in [5.74, 6) is 0.400.